The van der Waals surface area contributed by atoms with Gasteiger partial charge >= 0.3 is 0 Å². The fraction of sp³-hybridized carbons (Fsp3) is 0.538. The molecule has 4 nitrogen and oxygen atoms in total. The number of likely N-dealkylation sites (tertiary alicyclic amines) is 1. The van der Waals surface area contributed by atoms with E-state index in [1.807, 2.05) is 18.5 Å². The minimum absolute atomic E-state index is 0.181. The molecule has 1 N–H and O–H groups in total. The molecule has 30 heavy (non-hydrogen) atoms. The first kappa shape index (κ1) is 21.0. The van der Waals surface area contributed by atoms with Crippen LogP contribution >= 0.6 is 0 Å². The highest BCUT2D eigenvalue weighted by Crippen LogP contribution is 2.26. The van der Waals surface area contributed by atoms with Crippen molar-refractivity contribution >= 4 is 5.91 Å². The molecule has 1 aliphatic heterocycles. The summed E-state index contributed by atoms with van der Waals surface area (Å²) in [5.74, 6) is 1.16. The van der Waals surface area contributed by atoms with Gasteiger partial charge in [-0.2, -0.15) is 0 Å². The number of carbonyl (C=O) groups is 1. The van der Waals surface area contributed by atoms with E-state index < -0.39 is 0 Å². The lowest BCUT2D eigenvalue weighted by Crippen LogP contribution is -2.41. The summed E-state index contributed by atoms with van der Waals surface area (Å²) in [7, 11) is 0. The summed E-state index contributed by atoms with van der Waals surface area (Å²) in [6.07, 6.45) is 13.7. The molecule has 2 fully saturated rings. The lowest BCUT2D eigenvalue weighted by Gasteiger charge is -2.32. The second kappa shape index (κ2) is 10.7. The molecule has 2 aromatic rings. The van der Waals surface area contributed by atoms with Crippen LogP contribution in [0, 0.1) is 11.8 Å². The summed E-state index contributed by atoms with van der Waals surface area (Å²) in [4.78, 5) is 19.5. The zero-order valence-electron chi connectivity index (χ0n) is 18.1. The molecule has 1 aromatic heterocycles. The number of piperidine rings is 1. The zero-order valence-corrected chi connectivity index (χ0v) is 18.1. The highest BCUT2D eigenvalue weighted by Gasteiger charge is 2.26. The normalized spacial score (nSPS) is 19.3. The Hall–Kier alpha value is -2.20. The van der Waals surface area contributed by atoms with Crippen molar-refractivity contribution in [2.24, 2.45) is 11.8 Å². The molecule has 160 valence electrons. The van der Waals surface area contributed by atoms with E-state index in [-0.39, 0.29) is 11.8 Å². The predicted octanol–water partition coefficient (Wildman–Crippen LogP) is 5.05. The lowest BCUT2D eigenvalue weighted by atomic mass is 9.94. The predicted molar refractivity (Wildman–Crippen MR) is 122 cm³/mol. The standard InChI is InChI=1S/C26H35N3O/c30-26(28-18-21-8-3-1-2-4-9-21)22-13-16-29(17-14-22)20-24-10-5-6-12-25(24)23-11-7-15-27-19-23/h5-7,10-12,15,19,21-22H,1-4,8-9,13-14,16-18,20H2,(H,28,30). The molecular formula is C26H35N3O. The Morgan fingerprint density at radius 1 is 0.967 bits per heavy atom. The quantitative estimate of drug-likeness (QED) is 0.684. The van der Waals surface area contributed by atoms with E-state index in [1.54, 1.807) is 0 Å². The minimum Gasteiger partial charge on any atom is -0.356 e. The summed E-state index contributed by atoms with van der Waals surface area (Å²) >= 11 is 0. The van der Waals surface area contributed by atoms with Gasteiger partial charge in [0.25, 0.3) is 0 Å². The highest BCUT2D eigenvalue weighted by atomic mass is 16.1. The van der Waals surface area contributed by atoms with E-state index in [1.165, 1.54) is 55.2 Å². The second-order valence-corrected chi connectivity index (χ2v) is 9.05. The van der Waals surface area contributed by atoms with Gasteiger partial charge in [-0.05, 0) is 61.9 Å². The van der Waals surface area contributed by atoms with Crippen LogP contribution in [0.5, 0.6) is 0 Å². The van der Waals surface area contributed by atoms with Gasteiger partial charge in [0, 0.05) is 37.0 Å². The summed E-state index contributed by atoms with van der Waals surface area (Å²) in [5.41, 5.74) is 3.76. The third-order valence-electron chi connectivity index (χ3n) is 6.88. The Kier molecular flexibility index (Phi) is 7.52. The van der Waals surface area contributed by atoms with Crippen LogP contribution in [-0.4, -0.2) is 35.4 Å². The van der Waals surface area contributed by atoms with Gasteiger partial charge in [-0.25, -0.2) is 0 Å². The lowest BCUT2D eigenvalue weighted by molar-refractivity contribution is -0.126. The van der Waals surface area contributed by atoms with Crippen LogP contribution in [0.3, 0.4) is 0 Å². The first-order chi connectivity index (χ1) is 14.8. The van der Waals surface area contributed by atoms with Crippen molar-refractivity contribution in [1.29, 1.82) is 0 Å². The molecule has 1 aliphatic carbocycles. The Balaban J connectivity index is 1.26. The van der Waals surface area contributed by atoms with Gasteiger partial charge in [0.05, 0.1) is 0 Å². The van der Waals surface area contributed by atoms with Crippen LogP contribution in [0.4, 0.5) is 0 Å². The fourth-order valence-electron chi connectivity index (χ4n) is 5.01. The third-order valence-corrected chi connectivity index (χ3v) is 6.88. The van der Waals surface area contributed by atoms with Crippen LogP contribution in [-0.2, 0) is 11.3 Å². The van der Waals surface area contributed by atoms with Crippen molar-refractivity contribution < 1.29 is 4.79 Å². The maximum atomic E-state index is 12.7. The molecule has 0 spiro atoms. The van der Waals surface area contributed by atoms with Gasteiger partial charge in [-0.1, -0.05) is 56.0 Å². The Bertz CT molecular complexity index is 791. The molecule has 2 heterocycles. The number of carbonyl (C=O) groups excluding carboxylic acids is 1. The minimum atomic E-state index is 0.181. The average molecular weight is 406 g/mol. The largest absolute Gasteiger partial charge is 0.356 e. The summed E-state index contributed by atoms with van der Waals surface area (Å²) < 4.78 is 0. The molecule has 1 amide bonds. The molecule has 1 aromatic carbocycles. The van der Waals surface area contributed by atoms with E-state index in [2.05, 4.69) is 45.5 Å². The van der Waals surface area contributed by atoms with Crippen LogP contribution in [0.1, 0.15) is 56.9 Å². The van der Waals surface area contributed by atoms with Crippen molar-refractivity contribution in [3.05, 3.63) is 54.4 Å². The molecule has 4 heteroatoms. The smallest absolute Gasteiger partial charge is 0.223 e. The summed E-state index contributed by atoms with van der Waals surface area (Å²) in [5, 5.41) is 3.28. The summed E-state index contributed by atoms with van der Waals surface area (Å²) in [6, 6.07) is 12.7. The molecule has 1 saturated heterocycles. The number of hydrogen-bond donors (Lipinski definition) is 1. The Morgan fingerprint density at radius 3 is 2.47 bits per heavy atom. The molecule has 2 aliphatic rings. The van der Waals surface area contributed by atoms with E-state index >= 15 is 0 Å². The number of aromatic nitrogens is 1. The Labute approximate surface area is 181 Å². The van der Waals surface area contributed by atoms with Gasteiger partial charge in [-0.3, -0.25) is 14.7 Å². The molecule has 0 atom stereocenters. The molecular weight excluding hydrogens is 370 g/mol. The molecule has 4 rings (SSSR count). The topological polar surface area (TPSA) is 45.2 Å². The highest BCUT2D eigenvalue weighted by molar-refractivity contribution is 5.78. The third kappa shape index (κ3) is 5.69. The number of benzene rings is 1. The second-order valence-electron chi connectivity index (χ2n) is 9.05. The van der Waals surface area contributed by atoms with E-state index in [0.717, 1.165) is 39.0 Å². The van der Waals surface area contributed by atoms with Crippen molar-refractivity contribution in [2.75, 3.05) is 19.6 Å². The fourth-order valence-corrected chi connectivity index (χ4v) is 5.01. The van der Waals surface area contributed by atoms with Crippen LogP contribution in [0.25, 0.3) is 11.1 Å². The molecule has 0 radical (unpaired) electrons. The van der Waals surface area contributed by atoms with Crippen molar-refractivity contribution in [2.45, 2.75) is 57.9 Å². The number of hydrogen-bond acceptors (Lipinski definition) is 3. The first-order valence-corrected chi connectivity index (χ1v) is 11.8. The van der Waals surface area contributed by atoms with Gasteiger partial charge in [0.2, 0.25) is 5.91 Å². The number of nitrogens with one attached hydrogen (secondary N) is 1. The van der Waals surface area contributed by atoms with E-state index in [0.29, 0.717) is 5.92 Å². The SMILES string of the molecule is O=C(NCC1CCCCCC1)C1CCN(Cc2ccccc2-c2cccnc2)CC1. The molecule has 0 unspecified atom stereocenters. The Morgan fingerprint density at radius 2 is 1.73 bits per heavy atom. The van der Waals surface area contributed by atoms with Gasteiger partial charge in [0.1, 0.15) is 0 Å². The number of pyridine rings is 1. The van der Waals surface area contributed by atoms with Crippen molar-refractivity contribution in [1.82, 2.24) is 15.2 Å². The number of nitrogens with zero attached hydrogens (tertiary/aromatic N) is 2. The van der Waals surface area contributed by atoms with E-state index in [9.17, 15) is 4.79 Å². The molecule has 0 bridgehead atoms. The maximum Gasteiger partial charge on any atom is 0.223 e. The monoisotopic (exact) mass is 405 g/mol. The van der Waals surface area contributed by atoms with Crippen molar-refractivity contribution in [3.63, 3.8) is 0 Å². The van der Waals surface area contributed by atoms with Crippen LogP contribution < -0.4 is 5.32 Å². The zero-order chi connectivity index (χ0) is 20.6. The average Bonchev–Trinajstić information content (AvgIpc) is 3.08. The summed E-state index contributed by atoms with van der Waals surface area (Å²) in [6.45, 7) is 3.80. The first-order valence-electron chi connectivity index (χ1n) is 11.8. The molecule has 1 saturated carbocycles. The van der Waals surface area contributed by atoms with Crippen molar-refractivity contribution in [3.8, 4) is 11.1 Å². The van der Waals surface area contributed by atoms with E-state index in [4.69, 9.17) is 0 Å². The van der Waals surface area contributed by atoms with Gasteiger partial charge in [-0.15, -0.1) is 0 Å². The number of amides is 1. The van der Waals surface area contributed by atoms with Gasteiger partial charge < -0.3 is 5.32 Å². The van der Waals surface area contributed by atoms with Crippen LogP contribution in [0.15, 0.2) is 48.8 Å². The number of rotatable bonds is 6. The van der Waals surface area contributed by atoms with Gasteiger partial charge in [0.15, 0.2) is 0 Å². The maximum absolute atomic E-state index is 12.7. The van der Waals surface area contributed by atoms with Crippen LogP contribution in [0.2, 0.25) is 0 Å².